The van der Waals surface area contributed by atoms with Crippen molar-refractivity contribution in [2.24, 2.45) is 5.92 Å². The molecule has 2 aromatic rings. The van der Waals surface area contributed by atoms with Crippen LogP contribution in [0.3, 0.4) is 0 Å². The normalized spacial score (nSPS) is 16.2. The van der Waals surface area contributed by atoms with E-state index >= 15 is 0 Å². The van der Waals surface area contributed by atoms with Crippen LogP contribution in [0.25, 0.3) is 10.2 Å². The van der Waals surface area contributed by atoms with Crippen LogP contribution in [0.1, 0.15) is 40.7 Å². The number of amides is 1. The maximum absolute atomic E-state index is 12.7. The number of aryl methyl sites for hydroxylation is 2. The number of nitrogens with zero attached hydrogens (tertiary/aromatic N) is 3. The molecule has 0 saturated heterocycles. The summed E-state index contributed by atoms with van der Waals surface area (Å²) < 4.78 is 0. The number of thiophene rings is 1. The van der Waals surface area contributed by atoms with Gasteiger partial charge in [0, 0.05) is 18.5 Å². The van der Waals surface area contributed by atoms with Crippen LogP contribution < -0.4 is 5.73 Å². The van der Waals surface area contributed by atoms with Crippen LogP contribution >= 0.6 is 11.3 Å². The Bertz CT molecular complexity index is 720. The lowest BCUT2D eigenvalue weighted by Gasteiger charge is -2.24. The molecule has 0 bridgehead atoms. The van der Waals surface area contributed by atoms with E-state index in [0.29, 0.717) is 16.5 Å². The maximum Gasteiger partial charge on any atom is 0.266 e. The van der Waals surface area contributed by atoms with Crippen molar-refractivity contribution in [3.8, 4) is 0 Å². The zero-order valence-electron chi connectivity index (χ0n) is 12.8. The molecule has 3 rings (SSSR count). The van der Waals surface area contributed by atoms with Crippen LogP contribution in [-0.2, 0) is 0 Å². The van der Waals surface area contributed by atoms with Crippen LogP contribution in [0.15, 0.2) is 0 Å². The summed E-state index contributed by atoms with van der Waals surface area (Å²) in [6.07, 6.45) is 2.43. The Balaban J connectivity index is 2.02. The highest BCUT2D eigenvalue weighted by Crippen LogP contribution is 2.38. The minimum Gasteiger partial charge on any atom is -0.397 e. The van der Waals surface area contributed by atoms with Gasteiger partial charge in [0.2, 0.25) is 0 Å². The Morgan fingerprint density at radius 2 is 2.05 bits per heavy atom. The third kappa shape index (κ3) is 2.27. The second kappa shape index (κ2) is 4.94. The number of carbonyl (C=O) groups excluding carboxylic acids is 1. The average molecular weight is 304 g/mol. The minimum absolute atomic E-state index is 0.00745. The molecule has 21 heavy (non-hydrogen) atoms. The molecule has 6 heteroatoms. The number of hydrogen-bond donors (Lipinski definition) is 1. The van der Waals surface area contributed by atoms with Gasteiger partial charge < -0.3 is 10.6 Å². The highest BCUT2D eigenvalue weighted by Gasteiger charge is 2.34. The SMILES string of the molecule is Cc1nnc2sc(C(=O)N(C)C(C)C3CC3)c(N)c2c1C. The summed E-state index contributed by atoms with van der Waals surface area (Å²) >= 11 is 1.34. The van der Waals surface area contributed by atoms with Crippen molar-refractivity contribution in [1.29, 1.82) is 0 Å². The number of rotatable bonds is 3. The van der Waals surface area contributed by atoms with Gasteiger partial charge in [0.15, 0.2) is 0 Å². The number of anilines is 1. The Kier molecular flexibility index (Phi) is 3.36. The Morgan fingerprint density at radius 3 is 2.67 bits per heavy atom. The monoisotopic (exact) mass is 304 g/mol. The molecule has 1 saturated carbocycles. The summed E-state index contributed by atoms with van der Waals surface area (Å²) in [7, 11) is 1.86. The number of nitrogens with two attached hydrogens (primary N) is 1. The number of carbonyl (C=O) groups is 1. The van der Waals surface area contributed by atoms with Crippen molar-refractivity contribution in [3.05, 3.63) is 16.1 Å². The minimum atomic E-state index is -0.00745. The molecule has 2 aromatic heterocycles. The highest BCUT2D eigenvalue weighted by molar-refractivity contribution is 7.21. The first-order valence-corrected chi connectivity index (χ1v) is 8.02. The third-order valence-electron chi connectivity index (χ3n) is 4.56. The molecule has 5 nitrogen and oxygen atoms in total. The first-order valence-electron chi connectivity index (χ1n) is 7.20. The largest absolute Gasteiger partial charge is 0.397 e. The Labute approximate surface area is 128 Å². The summed E-state index contributed by atoms with van der Waals surface area (Å²) in [6, 6.07) is 0.260. The van der Waals surface area contributed by atoms with Crippen molar-refractivity contribution in [3.63, 3.8) is 0 Å². The van der Waals surface area contributed by atoms with E-state index in [1.165, 1.54) is 24.2 Å². The molecular formula is C15H20N4OS. The molecule has 2 N–H and O–H groups in total. The molecular weight excluding hydrogens is 284 g/mol. The molecule has 2 heterocycles. The highest BCUT2D eigenvalue weighted by atomic mass is 32.1. The Morgan fingerprint density at radius 1 is 1.38 bits per heavy atom. The van der Waals surface area contributed by atoms with Crippen molar-refractivity contribution >= 4 is 33.1 Å². The molecule has 0 aromatic carbocycles. The predicted molar refractivity (Wildman–Crippen MR) is 85.6 cm³/mol. The topological polar surface area (TPSA) is 72.1 Å². The molecule has 1 aliphatic rings. The summed E-state index contributed by atoms with van der Waals surface area (Å²) in [5.41, 5.74) is 8.64. The van der Waals surface area contributed by atoms with Crippen LogP contribution in [0.4, 0.5) is 5.69 Å². The summed E-state index contributed by atoms with van der Waals surface area (Å²) in [5, 5.41) is 9.17. The van der Waals surface area contributed by atoms with Crippen molar-refractivity contribution in [1.82, 2.24) is 15.1 Å². The molecule has 1 amide bonds. The molecule has 1 atom stereocenters. The van der Waals surface area contributed by atoms with Crippen LogP contribution in [-0.4, -0.2) is 34.1 Å². The molecule has 1 fully saturated rings. The number of hydrogen-bond acceptors (Lipinski definition) is 5. The zero-order valence-corrected chi connectivity index (χ0v) is 13.6. The van der Waals surface area contributed by atoms with Crippen molar-refractivity contribution in [2.45, 2.75) is 39.7 Å². The number of fused-ring (bicyclic) bond motifs is 1. The van der Waals surface area contributed by atoms with Crippen LogP contribution in [0, 0.1) is 19.8 Å². The standard InChI is InChI=1S/C15H20N4OS/c1-7-8(2)17-18-14-11(7)12(16)13(21-14)15(20)19(4)9(3)10-5-6-10/h9-10H,5-6,16H2,1-4H3. The van der Waals surface area contributed by atoms with Crippen molar-refractivity contribution < 1.29 is 4.79 Å². The Hall–Kier alpha value is -1.69. The zero-order chi connectivity index (χ0) is 15.3. The van der Waals surface area contributed by atoms with Gasteiger partial charge >= 0.3 is 0 Å². The van der Waals surface area contributed by atoms with Gasteiger partial charge in [-0.05, 0) is 45.1 Å². The van der Waals surface area contributed by atoms with Gasteiger partial charge in [0.1, 0.15) is 9.71 Å². The van der Waals surface area contributed by atoms with Gasteiger partial charge in [-0.25, -0.2) is 0 Å². The molecule has 0 aliphatic heterocycles. The van der Waals surface area contributed by atoms with Gasteiger partial charge in [0.05, 0.1) is 11.4 Å². The van der Waals surface area contributed by atoms with E-state index in [4.69, 9.17) is 5.73 Å². The van der Waals surface area contributed by atoms with Crippen LogP contribution in [0.5, 0.6) is 0 Å². The second-order valence-corrected chi connectivity index (χ2v) is 6.93. The molecule has 1 unspecified atom stereocenters. The fourth-order valence-electron chi connectivity index (χ4n) is 2.64. The number of nitrogen functional groups attached to an aromatic ring is 1. The average Bonchev–Trinajstić information content (AvgIpc) is 3.25. The van der Waals surface area contributed by atoms with Gasteiger partial charge in [0.25, 0.3) is 5.91 Å². The number of aromatic nitrogens is 2. The predicted octanol–water partition coefficient (Wildman–Crippen LogP) is 2.76. The second-order valence-electron chi connectivity index (χ2n) is 5.93. The third-order valence-corrected chi connectivity index (χ3v) is 5.64. The smallest absolute Gasteiger partial charge is 0.266 e. The van der Waals surface area contributed by atoms with E-state index in [1.54, 1.807) is 0 Å². The van der Waals surface area contributed by atoms with Gasteiger partial charge in [-0.15, -0.1) is 16.4 Å². The molecule has 0 spiro atoms. The summed E-state index contributed by atoms with van der Waals surface area (Å²) in [5.74, 6) is 0.630. The lowest BCUT2D eigenvalue weighted by Crippen LogP contribution is -2.36. The molecule has 0 radical (unpaired) electrons. The van der Waals surface area contributed by atoms with E-state index < -0.39 is 0 Å². The summed E-state index contributed by atoms with van der Waals surface area (Å²) in [6.45, 7) is 5.98. The van der Waals surface area contributed by atoms with Gasteiger partial charge in [-0.3, -0.25) is 4.79 Å². The van der Waals surface area contributed by atoms with Gasteiger partial charge in [-0.1, -0.05) is 0 Å². The van der Waals surface area contributed by atoms with E-state index in [0.717, 1.165) is 21.5 Å². The van der Waals surface area contributed by atoms with Crippen LogP contribution in [0.2, 0.25) is 0 Å². The lowest BCUT2D eigenvalue weighted by atomic mass is 10.1. The first kappa shape index (κ1) is 14.3. The molecule has 112 valence electrons. The van der Waals surface area contributed by atoms with E-state index in [1.807, 2.05) is 25.8 Å². The first-order chi connectivity index (χ1) is 9.91. The van der Waals surface area contributed by atoms with Crippen molar-refractivity contribution in [2.75, 3.05) is 12.8 Å². The fourth-order valence-corrected chi connectivity index (χ4v) is 3.72. The quantitative estimate of drug-likeness (QED) is 0.946. The lowest BCUT2D eigenvalue weighted by molar-refractivity contribution is 0.0733. The fraction of sp³-hybridized carbons (Fsp3) is 0.533. The molecule has 1 aliphatic carbocycles. The van der Waals surface area contributed by atoms with E-state index in [9.17, 15) is 4.79 Å². The van der Waals surface area contributed by atoms with E-state index in [-0.39, 0.29) is 11.9 Å². The van der Waals surface area contributed by atoms with E-state index in [2.05, 4.69) is 17.1 Å². The summed E-state index contributed by atoms with van der Waals surface area (Å²) in [4.78, 5) is 15.9. The maximum atomic E-state index is 12.7. The van der Waals surface area contributed by atoms with Gasteiger partial charge in [-0.2, -0.15) is 5.10 Å².